The first-order chi connectivity index (χ1) is 9.82. The fraction of sp³-hybridized carbons (Fsp3) is 0.167. The minimum Gasteiger partial charge on any atom is -0.357 e. The van der Waals surface area contributed by atoms with Crippen LogP contribution in [-0.4, -0.2) is 21.9 Å². The van der Waals surface area contributed by atoms with Crippen molar-refractivity contribution >= 4 is 11.6 Å². The summed E-state index contributed by atoms with van der Waals surface area (Å²) >= 11 is 0. The monoisotopic (exact) mass is 298 g/mol. The van der Waals surface area contributed by atoms with Crippen molar-refractivity contribution in [3.05, 3.63) is 46.1 Å². The molecule has 6 nitrogen and oxygen atoms in total. The molecule has 1 heterocycles. The molecule has 0 bridgehead atoms. The van der Waals surface area contributed by atoms with Gasteiger partial charge in [-0.3, -0.25) is 10.1 Å². The SMILES string of the molecule is CNc1ncc([N+](=O)[O-])c(-c2ccc(C(F)(F)F)cc2)n1. The highest BCUT2D eigenvalue weighted by molar-refractivity contribution is 5.70. The number of benzene rings is 1. The molecule has 1 aromatic carbocycles. The zero-order chi connectivity index (χ0) is 15.6. The van der Waals surface area contributed by atoms with Gasteiger partial charge in [0.25, 0.3) is 0 Å². The van der Waals surface area contributed by atoms with Crippen molar-refractivity contribution in [1.29, 1.82) is 0 Å². The van der Waals surface area contributed by atoms with E-state index in [1.807, 2.05) is 0 Å². The number of nitrogens with zero attached hydrogens (tertiary/aromatic N) is 3. The van der Waals surface area contributed by atoms with Crippen LogP contribution in [-0.2, 0) is 6.18 Å². The molecule has 0 aliphatic rings. The molecule has 0 aliphatic heterocycles. The molecule has 0 saturated carbocycles. The first-order valence-corrected chi connectivity index (χ1v) is 5.69. The molecule has 0 fully saturated rings. The maximum absolute atomic E-state index is 12.5. The van der Waals surface area contributed by atoms with Crippen LogP contribution in [0.4, 0.5) is 24.8 Å². The Kier molecular flexibility index (Phi) is 3.74. The molecule has 0 saturated heterocycles. The number of alkyl halides is 3. The summed E-state index contributed by atoms with van der Waals surface area (Å²) in [6, 6.07) is 3.97. The molecule has 0 aliphatic carbocycles. The van der Waals surface area contributed by atoms with Gasteiger partial charge in [-0.1, -0.05) is 12.1 Å². The number of rotatable bonds is 3. The Hall–Kier alpha value is -2.71. The van der Waals surface area contributed by atoms with Gasteiger partial charge in [0.15, 0.2) is 5.69 Å². The average molecular weight is 298 g/mol. The highest BCUT2D eigenvalue weighted by atomic mass is 19.4. The second-order valence-corrected chi connectivity index (χ2v) is 4.01. The Morgan fingerprint density at radius 1 is 1.24 bits per heavy atom. The third-order valence-electron chi connectivity index (χ3n) is 2.68. The van der Waals surface area contributed by atoms with E-state index < -0.39 is 16.7 Å². The molecular formula is C12H9F3N4O2. The Morgan fingerprint density at radius 3 is 2.33 bits per heavy atom. The maximum atomic E-state index is 12.5. The van der Waals surface area contributed by atoms with E-state index in [-0.39, 0.29) is 22.9 Å². The summed E-state index contributed by atoms with van der Waals surface area (Å²) in [5, 5.41) is 13.6. The van der Waals surface area contributed by atoms with Gasteiger partial charge in [-0.25, -0.2) is 9.97 Å². The maximum Gasteiger partial charge on any atom is 0.416 e. The molecule has 9 heteroatoms. The minimum atomic E-state index is -4.47. The van der Waals surface area contributed by atoms with Crippen LogP contribution in [0.5, 0.6) is 0 Å². The quantitative estimate of drug-likeness (QED) is 0.695. The number of hydrogen-bond donors (Lipinski definition) is 1. The van der Waals surface area contributed by atoms with E-state index in [0.717, 1.165) is 30.5 Å². The van der Waals surface area contributed by atoms with Crippen LogP contribution in [0.2, 0.25) is 0 Å². The number of nitrogens with one attached hydrogen (secondary N) is 1. The van der Waals surface area contributed by atoms with Crippen molar-refractivity contribution < 1.29 is 18.1 Å². The van der Waals surface area contributed by atoms with Crippen LogP contribution in [0.15, 0.2) is 30.5 Å². The molecule has 110 valence electrons. The molecule has 2 rings (SSSR count). The van der Waals surface area contributed by atoms with Gasteiger partial charge in [0.2, 0.25) is 5.95 Å². The number of hydrogen-bond acceptors (Lipinski definition) is 5. The van der Waals surface area contributed by atoms with E-state index in [1.165, 1.54) is 7.05 Å². The fourth-order valence-electron chi connectivity index (χ4n) is 1.66. The summed E-state index contributed by atoms with van der Waals surface area (Å²) in [7, 11) is 1.53. The zero-order valence-electron chi connectivity index (χ0n) is 10.7. The second-order valence-electron chi connectivity index (χ2n) is 4.01. The predicted molar refractivity (Wildman–Crippen MR) is 68.7 cm³/mol. The lowest BCUT2D eigenvalue weighted by Gasteiger charge is -2.08. The largest absolute Gasteiger partial charge is 0.416 e. The lowest BCUT2D eigenvalue weighted by Crippen LogP contribution is -2.05. The van der Waals surface area contributed by atoms with Gasteiger partial charge in [-0.05, 0) is 12.1 Å². The van der Waals surface area contributed by atoms with E-state index in [9.17, 15) is 23.3 Å². The van der Waals surface area contributed by atoms with Crippen molar-refractivity contribution in [2.24, 2.45) is 0 Å². The standard InChI is InChI=1S/C12H9F3N4O2/c1-16-11-17-6-9(19(20)21)10(18-11)7-2-4-8(5-3-7)12(13,14)15/h2-6H,1H3,(H,16,17,18). The Bertz CT molecular complexity index is 671. The molecule has 21 heavy (non-hydrogen) atoms. The molecule has 0 spiro atoms. The first-order valence-electron chi connectivity index (χ1n) is 5.69. The van der Waals surface area contributed by atoms with Crippen molar-refractivity contribution in [2.45, 2.75) is 6.18 Å². The molecule has 1 aromatic heterocycles. The lowest BCUT2D eigenvalue weighted by atomic mass is 10.1. The van der Waals surface area contributed by atoms with Gasteiger partial charge in [0.05, 0.1) is 10.5 Å². The Labute approximate surface area is 116 Å². The van der Waals surface area contributed by atoms with Gasteiger partial charge in [0, 0.05) is 12.6 Å². The van der Waals surface area contributed by atoms with Crippen LogP contribution in [0.3, 0.4) is 0 Å². The van der Waals surface area contributed by atoms with Gasteiger partial charge in [-0.2, -0.15) is 13.2 Å². The van der Waals surface area contributed by atoms with Gasteiger partial charge >= 0.3 is 11.9 Å². The smallest absolute Gasteiger partial charge is 0.357 e. The summed E-state index contributed by atoms with van der Waals surface area (Å²) in [4.78, 5) is 17.9. The first kappa shape index (κ1) is 14.7. The van der Waals surface area contributed by atoms with Gasteiger partial charge < -0.3 is 5.32 Å². The van der Waals surface area contributed by atoms with Crippen molar-refractivity contribution in [1.82, 2.24) is 9.97 Å². The Morgan fingerprint density at radius 2 is 1.86 bits per heavy atom. The van der Waals surface area contributed by atoms with E-state index in [0.29, 0.717) is 0 Å². The normalized spacial score (nSPS) is 11.2. The van der Waals surface area contributed by atoms with E-state index >= 15 is 0 Å². The molecule has 0 radical (unpaired) electrons. The molecule has 0 amide bonds. The number of aromatic nitrogens is 2. The molecular weight excluding hydrogens is 289 g/mol. The van der Waals surface area contributed by atoms with Crippen molar-refractivity contribution in [2.75, 3.05) is 12.4 Å². The van der Waals surface area contributed by atoms with Crippen molar-refractivity contribution in [3.63, 3.8) is 0 Å². The molecule has 0 unspecified atom stereocenters. The summed E-state index contributed by atoms with van der Waals surface area (Å²) in [5.74, 6) is 0.135. The summed E-state index contributed by atoms with van der Waals surface area (Å²) in [5.41, 5.74) is -1.06. The third kappa shape index (κ3) is 3.07. The van der Waals surface area contributed by atoms with E-state index in [2.05, 4.69) is 15.3 Å². The minimum absolute atomic E-state index is 0.0481. The highest BCUT2D eigenvalue weighted by Crippen LogP contribution is 2.33. The van der Waals surface area contributed by atoms with E-state index in [4.69, 9.17) is 0 Å². The highest BCUT2D eigenvalue weighted by Gasteiger charge is 2.30. The topological polar surface area (TPSA) is 81.0 Å². The predicted octanol–water partition coefficient (Wildman–Crippen LogP) is 3.11. The fourth-order valence-corrected chi connectivity index (χ4v) is 1.66. The van der Waals surface area contributed by atoms with E-state index in [1.54, 1.807) is 0 Å². The third-order valence-corrected chi connectivity index (χ3v) is 2.68. The number of halogens is 3. The van der Waals surface area contributed by atoms with Crippen LogP contribution in [0, 0.1) is 10.1 Å². The number of anilines is 1. The van der Waals surface area contributed by atoms with Crippen LogP contribution in [0.1, 0.15) is 5.56 Å². The number of nitro groups is 1. The molecule has 2 aromatic rings. The van der Waals surface area contributed by atoms with Crippen LogP contribution in [0.25, 0.3) is 11.3 Å². The van der Waals surface area contributed by atoms with Crippen LogP contribution >= 0.6 is 0 Å². The average Bonchev–Trinajstić information content (AvgIpc) is 2.45. The summed E-state index contributed by atoms with van der Waals surface area (Å²) in [6.07, 6.45) is -3.46. The van der Waals surface area contributed by atoms with Gasteiger partial charge in [0.1, 0.15) is 6.20 Å². The van der Waals surface area contributed by atoms with Gasteiger partial charge in [-0.15, -0.1) is 0 Å². The molecule has 1 N–H and O–H groups in total. The summed E-state index contributed by atoms with van der Waals surface area (Å²) < 4.78 is 37.5. The van der Waals surface area contributed by atoms with Crippen LogP contribution < -0.4 is 5.32 Å². The Balaban J connectivity index is 2.52. The summed E-state index contributed by atoms with van der Waals surface area (Å²) in [6.45, 7) is 0. The van der Waals surface area contributed by atoms with Crippen molar-refractivity contribution in [3.8, 4) is 11.3 Å². The second kappa shape index (κ2) is 5.35. The molecule has 0 atom stereocenters. The lowest BCUT2D eigenvalue weighted by molar-refractivity contribution is -0.384. The zero-order valence-corrected chi connectivity index (χ0v) is 10.7.